The second-order valence-corrected chi connectivity index (χ2v) is 6.37. The Kier molecular flexibility index (Phi) is 3.21. The molecule has 3 atom stereocenters. The molecule has 5 heteroatoms. The molecule has 4 rings (SSSR count). The Bertz CT molecular complexity index is 681. The summed E-state index contributed by atoms with van der Waals surface area (Å²) in [6.45, 7) is 0.870. The minimum Gasteiger partial charge on any atom is -0.335 e. The average molecular weight is 296 g/mol. The van der Waals surface area contributed by atoms with Crippen LogP contribution >= 0.6 is 0 Å². The molecule has 2 aromatic rings. The topological polar surface area (TPSA) is 51.0 Å². The molecule has 0 radical (unpaired) electrons. The maximum atomic E-state index is 12.9. The van der Waals surface area contributed by atoms with Crippen LogP contribution in [-0.2, 0) is 11.8 Å². The van der Waals surface area contributed by atoms with Gasteiger partial charge in [0.15, 0.2) is 0 Å². The lowest BCUT2D eigenvalue weighted by molar-refractivity contribution is -0.133. The number of pyridine rings is 1. The maximum absolute atomic E-state index is 12.9. The van der Waals surface area contributed by atoms with Crippen molar-refractivity contribution in [3.63, 3.8) is 0 Å². The first-order valence-electron chi connectivity index (χ1n) is 7.93. The summed E-state index contributed by atoms with van der Waals surface area (Å²) in [6, 6.07) is 4.23. The quantitative estimate of drug-likeness (QED) is 0.873. The molecular formula is C17H20N4O. The molecule has 2 aromatic heterocycles. The van der Waals surface area contributed by atoms with Crippen molar-refractivity contribution in [3.05, 3.63) is 48.0 Å². The lowest BCUT2D eigenvalue weighted by atomic mass is 10.1. The summed E-state index contributed by atoms with van der Waals surface area (Å²) in [4.78, 5) is 19.1. The highest BCUT2D eigenvalue weighted by Crippen LogP contribution is 2.49. The fourth-order valence-electron chi connectivity index (χ4n) is 3.63. The van der Waals surface area contributed by atoms with E-state index in [1.165, 1.54) is 5.56 Å². The molecule has 1 amide bonds. The van der Waals surface area contributed by atoms with Gasteiger partial charge in [-0.25, -0.2) is 0 Å². The third-order valence-corrected chi connectivity index (χ3v) is 4.87. The molecule has 1 saturated carbocycles. The van der Waals surface area contributed by atoms with Crippen LogP contribution in [0.5, 0.6) is 0 Å². The van der Waals surface area contributed by atoms with E-state index in [2.05, 4.69) is 21.0 Å². The van der Waals surface area contributed by atoms with Crippen molar-refractivity contribution in [1.29, 1.82) is 0 Å². The Balaban J connectivity index is 1.49. The molecule has 1 aliphatic heterocycles. The summed E-state index contributed by atoms with van der Waals surface area (Å²) >= 11 is 0. The molecule has 3 heterocycles. The van der Waals surface area contributed by atoms with Gasteiger partial charge in [-0.15, -0.1) is 0 Å². The summed E-state index contributed by atoms with van der Waals surface area (Å²) in [7, 11) is 1.92. The highest BCUT2D eigenvalue weighted by Gasteiger charge is 2.47. The van der Waals surface area contributed by atoms with Gasteiger partial charge in [-0.1, -0.05) is 6.07 Å². The minimum absolute atomic E-state index is 0.140. The van der Waals surface area contributed by atoms with Gasteiger partial charge in [0.05, 0.1) is 12.2 Å². The number of amides is 1. The van der Waals surface area contributed by atoms with E-state index in [1.54, 1.807) is 6.20 Å². The van der Waals surface area contributed by atoms with Crippen LogP contribution in [0.4, 0.5) is 0 Å². The zero-order chi connectivity index (χ0) is 15.1. The van der Waals surface area contributed by atoms with Gasteiger partial charge in [0.25, 0.3) is 0 Å². The molecular weight excluding hydrogens is 276 g/mol. The largest absolute Gasteiger partial charge is 0.335 e. The molecule has 1 saturated heterocycles. The molecule has 2 fully saturated rings. The Morgan fingerprint density at radius 3 is 2.95 bits per heavy atom. The predicted octanol–water partition coefficient (Wildman–Crippen LogP) is 2.28. The SMILES string of the molecule is Cn1cc([C@@H]2CCCN2C(=O)[C@@H]2C[C@@H]2c2cccnc2)cn1. The molecule has 0 unspecified atom stereocenters. The van der Waals surface area contributed by atoms with Crippen LogP contribution in [0, 0.1) is 5.92 Å². The summed E-state index contributed by atoms with van der Waals surface area (Å²) in [5.74, 6) is 0.804. The molecule has 22 heavy (non-hydrogen) atoms. The van der Waals surface area contributed by atoms with Crippen LogP contribution in [-0.4, -0.2) is 32.1 Å². The van der Waals surface area contributed by atoms with Crippen molar-refractivity contribution in [2.75, 3.05) is 6.54 Å². The third kappa shape index (κ3) is 2.30. The van der Waals surface area contributed by atoms with Gasteiger partial charge >= 0.3 is 0 Å². The van der Waals surface area contributed by atoms with Crippen molar-refractivity contribution in [2.24, 2.45) is 13.0 Å². The summed E-state index contributed by atoms with van der Waals surface area (Å²) in [5.41, 5.74) is 2.35. The standard InChI is InChI=1S/C17H20N4O/c1-20-11-13(10-19-20)16-5-3-7-21(16)17(22)15-8-14(15)12-4-2-6-18-9-12/h2,4,6,9-11,14-16H,3,5,7-8H2,1H3/t14-,15-,16+/m1/s1. The van der Waals surface area contributed by atoms with Gasteiger partial charge in [0.1, 0.15) is 0 Å². The smallest absolute Gasteiger partial charge is 0.226 e. The Morgan fingerprint density at radius 1 is 1.32 bits per heavy atom. The van der Waals surface area contributed by atoms with E-state index in [-0.39, 0.29) is 12.0 Å². The third-order valence-electron chi connectivity index (χ3n) is 4.87. The zero-order valence-electron chi connectivity index (χ0n) is 12.7. The van der Waals surface area contributed by atoms with E-state index in [9.17, 15) is 4.79 Å². The van der Waals surface area contributed by atoms with E-state index in [0.717, 1.165) is 31.4 Å². The average Bonchev–Trinajstić information content (AvgIpc) is 2.98. The van der Waals surface area contributed by atoms with Gasteiger partial charge < -0.3 is 4.90 Å². The summed E-state index contributed by atoms with van der Waals surface area (Å²) in [5, 5.41) is 4.25. The zero-order valence-corrected chi connectivity index (χ0v) is 12.7. The molecule has 0 N–H and O–H groups in total. The molecule has 0 bridgehead atoms. The van der Waals surface area contributed by atoms with E-state index in [4.69, 9.17) is 0 Å². The van der Waals surface area contributed by atoms with Crippen molar-refractivity contribution < 1.29 is 4.79 Å². The highest BCUT2D eigenvalue weighted by molar-refractivity contribution is 5.83. The van der Waals surface area contributed by atoms with Crippen LogP contribution in [0.2, 0.25) is 0 Å². The Hall–Kier alpha value is -2.17. The first kappa shape index (κ1) is 13.5. The number of rotatable bonds is 3. The summed E-state index contributed by atoms with van der Waals surface area (Å²) in [6.07, 6.45) is 10.7. The van der Waals surface area contributed by atoms with Gasteiger partial charge in [0, 0.05) is 43.7 Å². The van der Waals surface area contributed by atoms with Crippen LogP contribution < -0.4 is 0 Å². The van der Waals surface area contributed by atoms with Gasteiger partial charge in [-0.2, -0.15) is 5.10 Å². The Morgan fingerprint density at radius 2 is 2.23 bits per heavy atom. The number of nitrogens with zero attached hydrogens (tertiary/aromatic N) is 4. The molecule has 2 aliphatic rings. The normalized spacial score (nSPS) is 27.1. The van der Waals surface area contributed by atoms with E-state index in [1.807, 2.05) is 36.4 Å². The summed E-state index contributed by atoms with van der Waals surface area (Å²) < 4.78 is 1.81. The first-order chi connectivity index (χ1) is 10.7. The van der Waals surface area contributed by atoms with Crippen LogP contribution in [0.25, 0.3) is 0 Å². The van der Waals surface area contributed by atoms with E-state index < -0.39 is 0 Å². The number of carbonyl (C=O) groups excluding carboxylic acids is 1. The number of aromatic nitrogens is 3. The maximum Gasteiger partial charge on any atom is 0.226 e. The van der Waals surface area contributed by atoms with Crippen molar-refractivity contribution in [1.82, 2.24) is 19.7 Å². The second-order valence-electron chi connectivity index (χ2n) is 6.37. The number of likely N-dealkylation sites (tertiary alicyclic amines) is 1. The minimum atomic E-state index is 0.140. The van der Waals surface area contributed by atoms with Crippen LogP contribution in [0.15, 0.2) is 36.9 Å². The monoisotopic (exact) mass is 296 g/mol. The van der Waals surface area contributed by atoms with Crippen LogP contribution in [0.1, 0.15) is 42.3 Å². The fraction of sp³-hybridized carbons (Fsp3) is 0.471. The van der Waals surface area contributed by atoms with Crippen LogP contribution in [0.3, 0.4) is 0 Å². The van der Waals surface area contributed by atoms with Crippen molar-refractivity contribution >= 4 is 5.91 Å². The van der Waals surface area contributed by atoms with Gasteiger partial charge in [-0.05, 0) is 36.8 Å². The number of carbonyl (C=O) groups is 1. The lowest BCUT2D eigenvalue weighted by Crippen LogP contribution is -2.32. The van der Waals surface area contributed by atoms with Crippen molar-refractivity contribution in [2.45, 2.75) is 31.2 Å². The van der Waals surface area contributed by atoms with Crippen molar-refractivity contribution in [3.8, 4) is 0 Å². The second kappa shape index (κ2) is 5.23. The molecule has 5 nitrogen and oxygen atoms in total. The van der Waals surface area contributed by atoms with E-state index >= 15 is 0 Å². The van der Waals surface area contributed by atoms with Gasteiger partial charge in [-0.3, -0.25) is 14.5 Å². The molecule has 1 aliphatic carbocycles. The van der Waals surface area contributed by atoms with E-state index in [0.29, 0.717) is 11.8 Å². The number of aryl methyl sites for hydroxylation is 1. The Labute approximate surface area is 130 Å². The number of hydrogen-bond donors (Lipinski definition) is 0. The lowest BCUT2D eigenvalue weighted by Gasteiger charge is -2.24. The van der Waals surface area contributed by atoms with Gasteiger partial charge in [0.2, 0.25) is 5.91 Å². The fourth-order valence-corrected chi connectivity index (χ4v) is 3.63. The molecule has 0 aromatic carbocycles. The highest BCUT2D eigenvalue weighted by atomic mass is 16.2. The first-order valence-corrected chi connectivity index (χ1v) is 7.93. The molecule has 0 spiro atoms. The molecule has 114 valence electrons. The predicted molar refractivity (Wildman–Crippen MR) is 82.0 cm³/mol. The number of hydrogen-bond acceptors (Lipinski definition) is 3.